The molecule has 0 heterocycles. The second-order valence-electron chi connectivity index (χ2n) is 3.34. The van der Waals surface area contributed by atoms with Gasteiger partial charge in [-0.1, -0.05) is 12.1 Å². The lowest BCUT2D eigenvalue weighted by atomic mass is 10.0. The van der Waals surface area contributed by atoms with E-state index >= 15 is 0 Å². The first-order valence-electron chi connectivity index (χ1n) is 4.45. The highest BCUT2D eigenvalue weighted by molar-refractivity contribution is 5.85. The van der Waals surface area contributed by atoms with Gasteiger partial charge in [0.05, 0.1) is 5.56 Å². The van der Waals surface area contributed by atoms with Crippen molar-refractivity contribution in [3.8, 4) is 0 Å². The van der Waals surface area contributed by atoms with Gasteiger partial charge in [-0.2, -0.15) is 13.2 Å². The van der Waals surface area contributed by atoms with E-state index in [1.54, 1.807) is 0 Å². The molecule has 0 radical (unpaired) electrons. The van der Waals surface area contributed by atoms with E-state index in [-0.39, 0.29) is 18.8 Å². The fourth-order valence-corrected chi connectivity index (χ4v) is 1.17. The average molecular weight is 270 g/mol. The lowest BCUT2D eigenvalue weighted by Crippen LogP contribution is -2.32. The summed E-state index contributed by atoms with van der Waals surface area (Å²) in [6.45, 7) is 0. The zero-order valence-corrected chi connectivity index (χ0v) is 9.39. The second-order valence-corrected chi connectivity index (χ2v) is 3.34. The van der Waals surface area contributed by atoms with Crippen molar-refractivity contribution in [3.05, 3.63) is 35.4 Å². The Balaban J connectivity index is 0.00000256. The lowest BCUT2D eigenvalue weighted by Gasteiger charge is -2.09. The number of carbonyl (C=O) groups is 1. The zero-order chi connectivity index (χ0) is 12.3. The van der Waals surface area contributed by atoms with Gasteiger partial charge < -0.3 is 10.8 Å². The molecule has 0 unspecified atom stereocenters. The Morgan fingerprint density at radius 1 is 1.29 bits per heavy atom. The molecule has 3 nitrogen and oxygen atoms in total. The molecule has 1 aromatic carbocycles. The number of hydrogen-bond donors (Lipinski definition) is 2. The van der Waals surface area contributed by atoms with Gasteiger partial charge in [-0.05, 0) is 24.1 Å². The van der Waals surface area contributed by atoms with Gasteiger partial charge in [-0.3, -0.25) is 4.79 Å². The molecule has 7 heteroatoms. The summed E-state index contributed by atoms with van der Waals surface area (Å²) < 4.78 is 36.6. The van der Waals surface area contributed by atoms with Crippen molar-refractivity contribution in [2.45, 2.75) is 18.6 Å². The van der Waals surface area contributed by atoms with Gasteiger partial charge in [0.15, 0.2) is 0 Å². The second kappa shape index (κ2) is 5.88. The summed E-state index contributed by atoms with van der Waals surface area (Å²) in [5.74, 6) is -1.18. The summed E-state index contributed by atoms with van der Waals surface area (Å²) in [7, 11) is 0. The monoisotopic (exact) mass is 269 g/mol. The fourth-order valence-electron chi connectivity index (χ4n) is 1.17. The molecule has 1 rings (SSSR count). The number of aliphatic carboxylic acids is 1. The quantitative estimate of drug-likeness (QED) is 0.883. The van der Waals surface area contributed by atoms with Crippen LogP contribution in [0, 0.1) is 0 Å². The van der Waals surface area contributed by atoms with Gasteiger partial charge in [0.1, 0.15) is 6.04 Å². The first-order chi connectivity index (χ1) is 7.30. The summed E-state index contributed by atoms with van der Waals surface area (Å²) in [5.41, 5.74) is 4.95. The van der Waals surface area contributed by atoms with Crippen LogP contribution in [0.4, 0.5) is 13.2 Å². The van der Waals surface area contributed by atoms with Crippen LogP contribution < -0.4 is 5.73 Å². The molecule has 0 aliphatic heterocycles. The highest BCUT2D eigenvalue weighted by Crippen LogP contribution is 2.29. The van der Waals surface area contributed by atoms with Crippen LogP contribution in [0.3, 0.4) is 0 Å². The number of rotatable bonds is 3. The smallest absolute Gasteiger partial charge is 0.416 e. The highest BCUT2D eigenvalue weighted by atomic mass is 35.5. The van der Waals surface area contributed by atoms with Crippen molar-refractivity contribution in [1.82, 2.24) is 0 Å². The Labute approximate surface area is 102 Å². The molecule has 0 saturated heterocycles. The minimum atomic E-state index is -4.38. The molecule has 0 bridgehead atoms. The van der Waals surface area contributed by atoms with Crippen molar-refractivity contribution < 1.29 is 23.1 Å². The first kappa shape index (κ1) is 15.7. The van der Waals surface area contributed by atoms with Gasteiger partial charge in [0.2, 0.25) is 0 Å². The van der Waals surface area contributed by atoms with Crippen molar-refractivity contribution in [1.29, 1.82) is 0 Å². The van der Waals surface area contributed by atoms with Gasteiger partial charge >= 0.3 is 12.1 Å². The van der Waals surface area contributed by atoms with Crippen LogP contribution in [0.2, 0.25) is 0 Å². The van der Waals surface area contributed by atoms with E-state index in [2.05, 4.69) is 0 Å². The summed E-state index contributed by atoms with van der Waals surface area (Å²) in [4.78, 5) is 10.4. The third-order valence-electron chi connectivity index (χ3n) is 2.05. The third-order valence-corrected chi connectivity index (χ3v) is 2.05. The molecule has 0 saturated carbocycles. The number of carboxylic acid groups (broad SMARTS) is 1. The summed E-state index contributed by atoms with van der Waals surface area (Å²) >= 11 is 0. The zero-order valence-electron chi connectivity index (χ0n) is 8.57. The number of benzene rings is 1. The molecule has 1 aromatic rings. The molecule has 0 aliphatic rings. The Bertz CT molecular complexity index is 378. The number of hydrogen-bond acceptors (Lipinski definition) is 2. The topological polar surface area (TPSA) is 63.3 Å². The lowest BCUT2D eigenvalue weighted by molar-refractivity contribution is -0.139. The predicted octanol–water partition coefficient (Wildman–Crippen LogP) is 2.08. The van der Waals surface area contributed by atoms with E-state index < -0.39 is 23.8 Å². The van der Waals surface area contributed by atoms with Crippen molar-refractivity contribution in [2.24, 2.45) is 5.73 Å². The van der Waals surface area contributed by atoms with Crippen LogP contribution >= 0.6 is 12.4 Å². The SMILES string of the molecule is Cl.N[C@@H](Cc1ccc(C(F)(F)F)cc1)C(=O)O. The Kier molecular flexibility index (Phi) is 5.44. The standard InChI is InChI=1S/C10H10F3NO2.ClH/c11-10(12,13)7-3-1-6(2-4-7)5-8(14)9(15)16;/h1-4,8H,5,14H2,(H,15,16);1H/t8-;/m0./s1. The average Bonchev–Trinajstić information content (AvgIpc) is 2.17. The van der Waals surface area contributed by atoms with Crippen molar-refractivity contribution in [2.75, 3.05) is 0 Å². The van der Waals surface area contributed by atoms with Crippen LogP contribution in [0.15, 0.2) is 24.3 Å². The Hall–Kier alpha value is -1.27. The maximum Gasteiger partial charge on any atom is 0.416 e. The third kappa shape index (κ3) is 4.62. The van der Waals surface area contributed by atoms with Gasteiger partial charge in [0, 0.05) is 0 Å². The number of halogens is 4. The first-order valence-corrected chi connectivity index (χ1v) is 4.45. The minimum absolute atomic E-state index is 0. The molecule has 0 aliphatic carbocycles. The molecular weight excluding hydrogens is 259 g/mol. The van der Waals surface area contributed by atoms with Crippen LogP contribution in [0.5, 0.6) is 0 Å². The Morgan fingerprint density at radius 2 is 1.76 bits per heavy atom. The minimum Gasteiger partial charge on any atom is -0.480 e. The molecule has 0 aromatic heterocycles. The highest BCUT2D eigenvalue weighted by Gasteiger charge is 2.30. The van der Waals surface area contributed by atoms with Gasteiger partial charge in [-0.25, -0.2) is 0 Å². The maximum absolute atomic E-state index is 12.2. The van der Waals surface area contributed by atoms with E-state index in [9.17, 15) is 18.0 Å². The summed E-state index contributed by atoms with van der Waals surface area (Å²) in [5, 5.41) is 8.52. The molecule has 17 heavy (non-hydrogen) atoms. The van der Waals surface area contributed by atoms with E-state index in [4.69, 9.17) is 10.8 Å². The predicted molar refractivity (Wildman–Crippen MR) is 58.0 cm³/mol. The largest absolute Gasteiger partial charge is 0.480 e. The molecule has 0 amide bonds. The van der Waals surface area contributed by atoms with Crippen LogP contribution in [0.25, 0.3) is 0 Å². The number of alkyl halides is 3. The van der Waals surface area contributed by atoms with E-state index in [0.717, 1.165) is 12.1 Å². The van der Waals surface area contributed by atoms with Crippen LogP contribution in [0.1, 0.15) is 11.1 Å². The summed E-state index contributed by atoms with van der Waals surface area (Å²) in [6, 6.07) is 3.17. The molecule has 3 N–H and O–H groups in total. The normalized spacial score (nSPS) is 12.7. The van der Waals surface area contributed by atoms with Gasteiger partial charge in [0.25, 0.3) is 0 Å². The molecule has 0 fully saturated rings. The fraction of sp³-hybridized carbons (Fsp3) is 0.300. The maximum atomic E-state index is 12.2. The van der Waals surface area contributed by atoms with Crippen LogP contribution in [-0.2, 0) is 17.4 Å². The Morgan fingerprint density at radius 3 is 2.12 bits per heavy atom. The van der Waals surface area contributed by atoms with E-state index in [0.29, 0.717) is 5.56 Å². The van der Waals surface area contributed by atoms with Gasteiger partial charge in [-0.15, -0.1) is 12.4 Å². The van der Waals surface area contributed by atoms with E-state index in [1.165, 1.54) is 12.1 Å². The molecular formula is C10H11ClF3NO2. The number of nitrogens with two attached hydrogens (primary N) is 1. The molecule has 1 atom stereocenters. The summed E-state index contributed by atoms with van der Waals surface area (Å²) in [6.07, 6.45) is -4.37. The van der Waals surface area contributed by atoms with Crippen LogP contribution in [-0.4, -0.2) is 17.1 Å². The molecule has 0 spiro atoms. The van der Waals surface area contributed by atoms with E-state index in [1.807, 2.05) is 0 Å². The van der Waals surface area contributed by atoms with Crippen molar-refractivity contribution in [3.63, 3.8) is 0 Å². The molecule has 96 valence electrons. The number of carboxylic acids is 1. The van der Waals surface area contributed by atoms with Crippen molar-refractivity contribution >= 4 is 18.4 Å².